The lowest BCUT2D eigenvalue weighted by Gasteiger charge is -2.30. The van der Waals surface area contributed by atoms with E-state index < -0.39 is 40.5 Å². The smallest absolute Gasteiger partial charge is 0.365 e. The van der Waals surface area contributed by atoms with Gasteiger partial charge >= 0.3 is 12.8 Å². The summed E-state index contributed by atoms with van der Waals surface area (Å²) in [5.74, 6) is -1.63. The van der Waals surface area contributed by atoms with Gasteiger partial charge in [0.1, 0.15) is 0 Å². The van der Waals surface area contributed by atoms with E-state index in [0.29, 0.717) is 49.2 Å². The minimum absolute atomic E-state index is 0.0402. The van der Waals surface area contributed by atoms with E-state index in [-0.39, 0.29) is 54.5 Å². The van der Waals surface area contributed by atoms with Crippen LogP contribution in [0.25, 0.3) is 0 Å². The lowest BCUT2D eigenvalue weighted by molar-refractivity contribution is -0.183. The van der Waals surface area contributed by atoms with Crippen LogP contribution in [0.5, 0.6) is 0 Å². The zero-order valence-corrected chi connectivity index (χ0v) is 26.3. The summed E-state index contributed by atoms with van der Waals surface area (Å²) in [6.45, 7) is -0.594. The van der Waals surface area contributed by atoms with E-state index in [9.17, 15) is 40.4 Å². The summed E-state index contributed by atoms with van der Waals surface area (Å²) in [6, 6.07) is 13.5. The Morgan fingerprint density at radius 3 is 2.28 bits per heavy atom. The maximum Gasteiger partial charge on any atom is 0.391 e. The molecule has 2 fully saturated rings. The van der Waals surface area contributed by atoms with Crippen molar-refractivity contribution in [2.24, 2.45) is 11.8 Å². The van der Waals surface area contributed by atoms with E-state index in [1.54, 1.807) is 43.3 Å². The Hall–Kier alpha value is -3.28. The molecule has 4 rings (SSSR count). The van der Waals surface area contributed by atoms with Crippen molar-refractivity contribution in [3.05, 3.63) is 59.7 Å². The molecule has 1 aliphatic heterocycles. The Morgan fingerprint density at radius 2 is 1.72 bits per heavy atom. The molecule has 8 nitrogen and oxygen atoms in total. The SMILES string of the molecule is CCS(=O)(=O)c1ccc([C@H](CC#N)NC(=O)c2ccc(N3CC(NCC4CCC(C(F)(F)F)CC4)CC3COC(F)F)cc2)cc1. The highest BCUT2D eigenvalue weighted by atomic mass is 32.2. The van der Waals surface area contributed by atoms with Crippen molar-refractivity contribution in [1.82, 2.24) is 10.6 Å². The Bertz CT molecular complexity index is 1440. The molecule has 14 heteroatoms. The van der Waals surface area contributed by atoms with Gasteiger partial charge in [0.15, 0.2) is 9.84 Å². The van der Waals surface area contributed by atoms with E-state index >= 15 is 0 Å². The molecule has 1 saturated heterocycles. The molecule has 0 bridgehead atoms. The Balaban J connectivity index is 1.38. The number of alkyl halides is 5. The van der Waals surface area contributed by atoms with Crippen molar-refractivity contribution < 1.29 is 39.9 Å². The van der Waals surface area contributed by atoms with Crippen LogP contribution in [0, 0.1) is 23.2 Å². The highest BCUT2D eigenvalue weighted by molar-refractivity contribution is 7.91. The number of rotatable bonds is 13. The van der Waals surface area contributed by atoms with Crippen LogP contribution in [0.4, 0.5) is 27.6 Å². The topological polar surface area (TPSA) is 112 Å². The zero-order valence-electron chi connectivity index (χ0n) is 25.5. The first-order valence-electron chi connectivity index (χ1n) is 15.4. The van der Waals surface area contributed by atoms with E-state index in [1.165, 1.54) is 12.1 Å². The number of nitrogens with zero attached hydrogens (tertiary/aromatic N) is 2. The van der Waals surface area contributed by atoms with Crippen molar-refractivity contribution >= 4 is 21.4 Å². The van der Waals surface area contributed by atoms with Gasteiger partial charge in [-0.2, -0.15) is 27.2 Å². The van der Waals surface area contributed by atoms with Crippen LogP contribution in [0.1, 0.15) is 67.4 Å². The van der Waals surface area contributed by atoms with Crippen LogP contribution in [-0.4, -0.2) is 64.6 Å². The van der Waals surface area contributed by atoms with Gasteiger partial charge in [0, 0.05) is 23.8 Å². The fourth-order valence-corrected chi connectivity index (χ4v) is 7.10. The van der Waals surface area contributed by atoms with Crippen LogP contribution in [0.15, 0.2) is 53.4 Å². The molecule has 1 heterocycles. The highest BCUT2D eigenvalue weighted by Crippen LogP contribution is 2.39. The van der Waals surface area contributed by atoms with Gasteiger partial charge in [-0.1, -0.05) is 19.1 Å². The third kappa shape index (κ3) is 9.39. The fourth-order valence-electron chi connectivity index (χ4n) is 6.21. The molecule has 1 aliphatic carbocycles. The standard InChI is InChI=1S/C32H39F5N4O4S/c1-2-46(43,44)28-13-7-22(8-14-28)29(15-16-38)40-30(42)23-5-11-26(12-6-23)41-19-25(17-27(41)20-45-31(33)34)39-18-21-3-9-24(10-4-21)32(35,36)37/h5-8,11-14,21,24-25,27,29,31,39H,2-4,9-10,15,17-20H2,1H3,(H,40,42)/t21?,24?,25?,27?,29-/m0/s1. The monoisotopic (exact) mass is 670 g/mol. The van der Waals surface area contributed by atoms with Crippen molar-refractivity contribution in [3.8, 4) is 6.07 Å². The molecule has 3 atom stereocenters. The van der Waals surface area contributed by atoms with Crippen LogP contribution >= 0.6 is 0 Å². The molecule has 1 amide bonds. The number of carbonyl (C=O) groups is 1. The molecule has 2 unspecified atom stereocenters. The number of carbonyl (C=O) groups excluding carboxylic acids is 1. The number of ether oxygens (including phenoxy) is 1. The molecular formula is C32H39F5N4O4S. The summed E-state index contributed by atoms with van der Waals surface area (Å²) in [5.41, 5.74) is 1.57. The Kier molecular flexibility index (Phi) is 12.0. The number of hydrogen-bond donors (Lipinski definition) is 2. The summed E-state index contributed by atoms with van der Waals surface area (Å²) in [7, 11) is -3.40. The van der Waals surface area contributed by atoms with Gasteiger partial charge in [-0.3, -0.25) is 4.79 Å². The number of benzene rings is 2. The molecule has 2 N–H and O–H groups in total. The zero-order chi connectivity index (χ0) is 33.5. The second-order valence-electron chi connectivity index (χ2n) is 11.9. The minimum Gasteiger partial charge on any atom is -0.365 e. The minimum atomic E-state index is -4.16. The molecule has 252 valence electrons. The maximum atomic E-state index is 13.1. The quantitative estimate of drug-likeness (QED) is 0.251. The van der Waals surface area contributed by atoms with Crippen LogP contribution in [-0.2, 0) is 14.6 Å². The first kappa shape index (κ1) is 35.6. The molecule has 0 aromatic heterocycles. The van der Waals surface area contributed by atoms with Gasteiger partial charge in [-0.05, 0) is 86.5 Å². The summed E-state index contributed by atoms with van der Waals surface area (Å²) in [5, 5.41) is 15.6. The van der Waals surface area contributed by atoms with Gasteiger partial charge in [0.25, 0.3) is 5.91 Å². The van der Waals surface area contributed by atoms with Crippen molar-refractivity contribution in [2.45, 2.75) is 81.3 Å². The van der Waals surface area contributed by atoms with E-state index in [0.717, 1.165) is 0 Å². The summed E-state index contributed by atoms with van der Waals surface area (Å²) < 4.78 is 93.8. The van der Waals surface area contributed by atoms with Gasteiger partial charge in [-0.15, -0.1) is 0 Å². The highest BCUT2D eigenvalue weighted by Gasteiger charge is 2.41. The Labute approximate surface area is 266 Å². The predicted molar refractivity (Wildman–Crippen MR) is 162 cm³/mol. The normalized spacial score (nSPS) is 22.9. The lowest BCUT2D eigenvalue weighted by Crippen LogP contribution is -2.38. The number of nitrogens with one attached hydrogen (secondary N) is 2. The summed E-state index contributed by atoms with van der Waals surface area (Å²) in [6.07, 6.45) is -2.51. The van der Waals surface area contributed by atoms with Crippen molar-refractivity contribution in [3.63, 3.8) is 0 Å². The van der Waals surface area contributed by atoms with Crippen LogP contribution in [0.2, 0.25) is 0 Å². The van der Waals surface area contributed by atoms with Gasteiger partial charge < -0.3 is 20.3 Å². The average Bonchev–Trinajstić information content (AvgIpc) is 3.45. The molecule has 2 aromatic carbocycles. The van der Waals surface area contributed by atoms with Gasteiger partial charge in [0.2, 0.25) is 0 Å². The molecule has 0 radical (unpaired) electrons. The summed E-state index contributed by atoms with van der Waals surface area (Å²) in [4.78, 5) is 15.2. The molecular weight excluding hydrogens is 631 g/mol. The summed E-state index contributed by atoms with van der Waals surface area (Å²) >= 11 is 0. The van der Waals surface area contributed by atoms with Gasteiger partial charge in [0.05, 0.1) is 47.7 Å². The number of nitriles is 1. The van der Waals surface area contributed by atoms with E-state index in [2.05, 4.69) is 15.4 Å². The van der Waals surface area contributed by atoms with Crippen molar-refractivity contribution in [2.75, 3.05) is 30.3 Å². The third-order valence-electron chi connectivity index (χ3n) is 8.92. The lowest BCUT2D eigenvalue weighted by atomic mass is 9.81. The van der Waals surface area contributed by atoms with Crippen molar-refractivity contribution in [1.29, 1.82) is 5.26 Å². The molecule has 0 spiro atoms. The van der Waals surface area contributed by atoms with Gasteiger partial charge in [-0.25, -0.2) is 8.42 Å². The second-order valence-corrected chi connectivity index (χ2v) is 14.2. The predicted octanol–water partition coefficient (Wildman–Crippen LogP) is 6.01. The van der Waals surface area contributed by atoms with E-state index in [1.807, 2.05) is 11.0 Å². The largest absolute Gasteiger partial charge is 0.391 e. The number of halogens is 5. The number of anilines is 1. The average molecular weight is 671 g/mol. The second kappa shape index (κ2) is 15.5. The number of hydrogen-bond acceptors (Lipinski definition) is 7. The molecule has 46 heavy (non-hydrogen) atoms. The van der Waals surface area contributed by atoms with Crippen LogP contribution in [0.3, 0.4) is 0 Å². The maximum absolute atomic E-state index is 13.1. The molecule has 1 saturated carbocycles. The molecule has 2 aliphatic rings. The first-order valence-corrected chi connectivity index (χ1v) is 17.0. The van der Waals surface area contributed by atoms with E-state index in [4.69, 9.17) is 0 Å². The Morgan fingerprint density at radius 1 is 1.07 bits per heavy atom. The molecule has 2 aromatic rings. The first-order chi connectivity index (χ1) is 21.8. The fraction of sp³-hybridized carbons (Fsp3) is 0.562. The number of sulfone groups is 1. The van der Waals surface area contributed by atoms with Crippen LogP contribution < -0.4 is 15.5 Å². The third-order valence-corrected chi connectivity index (χ3v) is 10.7. The number of amides is 1.